The predicted molar refractivity (Wildman–Crippen MR) is 101 cm³/mol. The van der Waals surface area contributed by atoms with Crippen molar-refractivity contribution in [2.24, 2.45) is 5.92 Å². The van der Waals surface area contributed by atoms with Gasteiger partial charge in [-0.25, -0.2) is 0 Å². The Balaban J connectivity index is 5.44. The second kappa shape index (κ2) is 9.63. The smallest absolute Gasteiger partial charge is 0.302 e. The Kier molecular flexibility index (Phi) is 9.37. The van der Waals surface area contributed by atoms with E-state index in [1.165, 1.54) is 6.92 Å². The van der Waals surface area contributed by atoms with Crippen LogP contribution in [0, 0.1) is 5.92 Å². The summed E-state index contributed by atoms with van der Waals surface area (Å²) in [6.07, 6.45) is 0.884. The third kappa shape index (κ3) is 6.42. The topological polar surface area (TPSA) is 35.5 Å². The average molecular weight is 343 g/mol. The molecule has 0 aliphatic carbocycles. The Bertz CT molecular complexity index is 366. The van der Waals surface area contributed by atoms with E-state index >= 15 is 0 Å². The Morgan fingerprint density at radius 1 is 0.957 bits per heavy atom. The van der Waals surface area contributed by atoms with Gasteiger partial charge in [-0.2, -0.15) is 0 Å². The standard InChI is InChI=1S/C19H38O3Si/c1-13(2)11-19(17(9)12-21-18(10)20)22-23(14(3)4,15(5)6)16(7)8/h14-17,19H,1,11-12H2,2-10H3/t17-,19-/m1/s1. The fraction of sp³-hybridized carbons (Fsp3) is 0.842. The molecule has 0 fully saturated rings. The highest BCUT2D eigenvalue weighted by Crippen LogP contribution is 2.44. The maximum absolute atomic E-state index is 11.1. The van der Waals surface area contributed by atoms with E-state index in [1.54, 1.807) is 0 Å². The van der Waals surface area contributed by atoms with Gasteiger partial charge in [-0.15, -0.1) is 6.58 Å². The number of rotatable bonds is 10. The van der Waals surface area contributed by atoms with Crippen LogP contribution in [0.3, 0.4) is 0 Å². The van der Waals surface area contributed by atoms with Crippen LogP contribution in [-0.2, 0) is 14.0 Å². The van der Waals surface area contributed by atoms with Gasteiger partial charge in [0.15, 0.2) is 0 Å². The minimum absolute atomic E-state index is 0.0608. The van der Waals surface area contributed by atoms with Crippen molar-refractivity contribution in [3.63, 3.8) is 0 Å². The number of carbonyl (C=O) groups is 1. The highest BCUT2D eigenvalue weighted by Gasteiger charge is 2.47. The van der Waals surface area contributed by atoms with Crippen molar-refractivity contribution in [3.8, 4) is 0 Å². The monoisotopic (exact) mass is 342 g/mol. The van der Waals surface area contributed by atoms with Crippen LogP contribution >= 0.6 is 0 Å². The molecule has 0 rings (SSSR count). The average Bonchev–Trinajstić information content (AvgIpc) is 2.38. The van der Waals surface area contributed by atoms with Gasteiger partial charge >= 0.3 is 5.97 Å². The summed E-state index contributed by atoms with van der Waals surface area (Å²) in [6.45, 7) is 23.8. The summed E-state index contributed by atoms with van der Waals surface area (Å²) in [7, 11) is -1.96. The molecule has 0 aromatic rings. The lowest BCUT2D eigenvalue weighted by atomic mass is 10.00. The molecule has 0 aliphatic rings. The Labute approximate surface area is 145 Å². The van der Waals surface area contributed by atoms with Crippen LogP contribution in [0.5, 0.6) is 0 Å². The molecule has 136 valence electrons. The fourth-order valence-corrected chi connectivity index (χ4v) is 9.39. The fourth-order valence-electron chi connectivity index (χ4n) is 3.73. The van der Waals surface area contributed by atoms with Gasteiger partial charge in [0.05, 0.1) is 12.7 Å². The van der Waals surface area contributed by atoms with Crippen LogP contribution in [0.4, 0.5) is 0 Å². The van der Waals surface area contributed by atoms with Gasteiger partial charge in [0, 0.05) is 12.8 Å². The summed E-state index contributed by atoms with van der Waals surface area (Å²) >= 11 is 0. The van der Waals surface area contributed by atoms with Gasteiger partial charge < -0.3 is 9.16 Å². The van der Waals surface area contributed by atoms with Crippen LogP contribution in [-0.4, -0.2) is 27.0 Å². The van der Waals surface area contributed by atoms with E-state index in [1.807, 2.05) is 6.92 Å². The second-order valence-corrected chi connectivity index (χ2v) is 13.3. The zero-order valence-corrected chi connectivity index (χ0v) is 17.7. The van der Waals surface area contributed by atoms with Gasteiger partial charge in [-0.05, 0) is 30.0 Å². The van der Waals surface area contributed by atoms with Crippen LogP contribution in [0.1, 0.15) is 68.7 Å². The number of carbonyl (C=O) groups excluding carboxylic acids is 1. The highest BCUT2D eigenvalue weighted by molar-refractivity contribution is 6.77. The summed E-state index contributed by atoms with van der Waals surface area (Å²) in [5.41, 5.74) is 2.73. The van der Waals surface area contributed by atoms with E-state index < -0.39 is 8.32 Å². The molecule has 4 heteroatoms. The first-order valence-corrected chi connectivity index (χ1v) is 11.0. The van der Waals surface area contributed by atoms with Crippen LogP contribution in [0.2, 0.25) is 16.6 Å². The first-order valence-electron chi connectivity index (χ1n) is 8.90. The van der Waals surface area contributed by atoms with Gasteiger partial charge in [0.25, 0.3) is 0 Å². The van der Waals surface area contributed by atoms with Crippen LogP contribution in [0.15, 0.2) is 12.2 Å². The first-order chi connectivity index (χ1) is 10.4. The number of hydrogen-bond acceptors (Lipinski definition) is 3. The zero-order valence-electron chi connectivity index (χ0n) is 16.7. The molecule has 0 aliphatic heterocycles. The molecule has 0 N–H and O–H groups in total. The molecule has 0 spiro atoms. The number of ether oxygens (including phenoxy) is 1. The molecule has 0 aromatic heterocycles. The summed E-state index contributed by atoms with van der Waals surface area (Å²) in [5.74, 6) is -0.0651. The molecule has 0 saturated carbocycles. The normalized spacial score (nSPS) is 15.1. The van der Waals surface area contributed by atoms with E-state index in [9.17, 15) is 4.79 Å². The molecule has 0 radical (unpaired) electrons. The SMILES string of the molecule is C=C(C)C[C@@H](O[Si](C(C)C)(C(C)C)C(C)C)[C@H](C)COC(C)=O. The third-order valence-corrected chi connectivity index (χ3v) is 10.9. The lowest BCUT2D eigenvalue weighted by molar-refractivity contribution is -0.143. The zero-order chi connectivity index (χ0) is 18.4. The van der Waals surface area contributed by atoms with Gasteiger partial charge in [0.2, 0.25) is 8.32 Å². The second-order valence-electron chi connectivity index (χ2n) is 7.92. The Hall–Kier alpha value is -0.613. The molecule has 0 aromatic carbocycles. The third-order valence-electron chi connectivity index (χ3n) is 4.80. The van der Waals surface area contributed by atoms with Crippen LogP contribution < -0.4 is 0 Å². The quantitative estimate of drug-likeness (QED) is 0.290. The molecule has 0 bridgehead atoms. The van der Waals surface area contributed by atoms with E-state index in [0.29, 0.717) is 23.2 Å². The van der Waals surface area contributed by atoms with Crippen molar-refractivity contribution in [1.82, 2.24) is 0 Å². The van der Waals surface area contributed by atoms with Crippen molar-refractivity contribution in [3.05, 3.63) is 12.2 Å². The van der Waals surface area contributed by atoms with Crippen molar-refractivity contribution < 1.29 is 14.0 Å². The van der Waals surface area contributed by atoms with Crippen molar-refractivity contribution in [2.45, 2.75) is 91.5 Å². The molecule has 0 unspecified atom stereocenters. The van der Waals surface area contributed by atoms with E-state index in [-0.39, 0.29) is 18.0 Å². The summed E-state index contributed by atoms with van der Waals surface area (Å²) in [6, 6.07) is 0. The van der Waals surface area contributed by atoms with E-state index in [0.717, 1.165) is 12.0 Å². The largest absolute Gasteiger partial charge is 0.465 e. The lowest BCUT2D eigenvalue weighted by Crippen LogP contribution is -2.51. The molecule has 0 saturated heterocycles. The van der Waals surface area contributed by atoms with E-state index in [2.05, 4.69) is 55.0 Å². The Morgan fingerprint density at radius 3 is 1.70 bits per heavy atom. The van der Waals surface area contributed by atoms with Crippen molar-refractivity contribution in [2.75, 3.05) is 6.61 Å². The number of hydrogen-bond donors (Lipinski definition) is 0. The maximum atomic E-state index is 11.1. The number of esters is 1. The maximum Gasteiger partial charge on any atom is 0.302 e. The predicted octanol–water partition coefficient (Wildman–Crippen LogP) is 5.71. The van der Waals surface area contributed by atoms with Crippen LogP contribution in [0.25, 0.3) is 0 Å². The van der Waals surface area contributed by atoms with Gasteiger partial charge in [0.1, 0.15) is 0 Å². The molecule has 23 heavy (non-hydrogen) atoms. The summed E-state index contributed by atoms with van der Waals surface area (Å²) in [5, 5.41) is 0. The molecular weight excluding hydrogens is 304 g/mol. The van der Waals surface area contributed by atoms with Crippen molar-refractivity contribution >= 4 is 14.3 Å². The van der Waals surface area contributed by atoms with E-state index in [4.69, 9.17) is 9.16 Å². The van der Waals surface area contributed by atoms with Gasteiger partial charge in [-0.3, -0.25) is 4.79 Å². The summed E-state index contributed by atoms with van der Waals surface area (Å²) in [4.78, 5) is 11.1. The molecular formula is C19H38O3Si. The minimum Gasteiger partial charge on any atom is -0.465 e. The lowest BCUT2D eigenvalue weighted by Gasteiger charge is -2.46. The summed E-state index contributed by atoms with van der Waals surface area (Å²) < 4.78 is 12.1. The molecule has 0 heterocycles. The Morgan fingerprint density at radius 2 is 1.39 bits per heavy atom. The molecule has 2 atom stereocenters. The molecule has 3 nitrogen and oxygen atoms in total. The van der Waals surface area contributed by atoms with Crippen molar-refractivity contribution in [1.29, 1.82) is 0 Å². The minimum atomic E-state index is -1.96. The molecule has 0 amide bonds. The van der Waals surface area contributed by atoms with Gasteiger partial charge in [-0.1, -0.05) is 54.0 Å². The first kappa shape index (κ1) is 22.4. The highest BCUT2D eigenvalue weighted by atomic mass is 28.4.